The standard InChI is InChI=1S/C27H30ClN3O6S/c1-27(2)11-17-22(18(32)12-27)21(15-3-5-16(28)6-4-15)23-24(31(17)13-19-34-7-8-35-19)29-26(30-25(23)33)38-14-20-36-9-10-37-20/h3-6,19-21H,7-14H2,1-2H3,(H,29,30,33)/t21-/m0/s1. The number of hydrogen-bond acceptors (Lipinski definition) is 9. The number of H-pyrrole nitrogens is 1. The number of rotatable bonds is 6. The first kappa shape index (κ1) is 26.0. The molecule has 0 amide bonds. The number of carbonyl (C=O) groups excluding carboxylic acids is 1. The number of thioether (sulfide) groups is 1. The van der Waals surface area contributed by atoms with Crippen LogP contribution >= 0.6 is 23.4 Å². The number of fused-ring (bicyclic) bond motifs is 1. The predicted molar refractivity (Wildman–Crippen MR) is 143 cm³/mol. The number of ketones is 1. The molecule has 6 rings (SSSR count). The van der Waals surface area contributed by atoms with Crippen LogP contribution in [0.15, 0.2) is 45.5 Å². The van der Waals surface area contributed by atoms with Crippen LogP contribution < -0.4 is 10.5 Å². The first-order valence-electron chi connectivity index (χ1n) is 12.8. The molecule has 9 nitrogen and oxygen atoms in total. The molecule has 0 unspecified atom stereocenters. The second-order valence-electron chi connectivity index (χ2n) is 10.7. The van der Waals surface area contributed by atoms with Crippen molar-refractivity contribution in [3.05, 3.63) is 62.0 Å². The summed E-state index contributed by atoms with van der Waals surface area (Å²) in [6, 6.07) is 7.33. The highest BCUT2D eigenvalue weighted by molar-refractivity contribution is 7.99. The third-order valence-corrected chi connectivity index (χ3v) is 8.40. The van der Waals surface area contributed by atoms with Crippen molar-refractivity contribution in [3.63, 3.8) is 0 Å². The highest BCUT2D eigenvalue weighted by Crippen LogP contribution is 2.50. The van der Waals surface area contributed by atoms with E-state index >= 15 is 0 Å². The molecule has 0 saturated carbocycles. The van der Waals surface area contributed by atoms with Crippen molar-refractivity contribution >= 4 is 35.0 Å². The van der Waals surface area contributed by atoms with Crippen LogP contribution in [0.2, 0.25) is 5.02 Å². The average molecular weight is 560 g/mol. The molecule has 2 saturated heterocycles. The number of ether oxygens (including phenoxy) is 4. The average Bonchev–Trinajstić information content (AvgIpc) is 3.58. The molecule has 1 aromatic carbocycles. The van der Waals surface area contributed by atoms with E-state index in [2.05, 4.69) is 18.8 Å². The molecule has 0 radical (unpaired) electrons. The fourth-order valence-corrected chi connectivity index (χ4v) is 6.55. The lowest BCUT2D eigenvalue weighted by Gasteiger charge is -2.44. The van der Waals surface area contributed by atoms with Gasteiger partial charge in [-0.05, 0) is 29.5 Å². The molecule has 0 spiro atoms. The van der Waals surface area contributed by atoms with Crippen LogP contribution in [-0.2, 0) is 23.7 Å². The predicted octanol–water partition coefficient (Wildman–Crippen LogP) is 3.86. The zero-order chi connectivity index (χ0) is 26.4. The summed E-state index contributed by atoms with van der Waals surface area (Å²) in [6.07, 6.45) is 0.230. The number of allylic oxidation sites excluding steroid dienone is 2. The van der Waals surface area contributed by atoms with Crippen molar-refractivity contribution in [1.29, 1.82) is 0 Å². The molecule has 4 aliphatic rings. The normalized spacial score (nSPS) is 23.7. The molecule has 38 heavy (non-hydrogen) atoms. The Hall–Kier alpha value is -2.21. The van der Waals surface area contributed by atoms with Gasteiger partial charge in [-0.15, -0.1) is 0 Å². The number of carbonyl (C=O) groups is 1. The van der Waals surface area contributed by atoms with Crippen LogP contribution in [0.5, 0.6) is 0 Å². The second kappa shape index (κ2) is 10.4. The van der Waals surface area contributed by atoms with Gasteiger partial charge >= 0.3 is 0 Å². The molecule has 2 fully saturated rings. The van der Waals surface area contributed by atoms with Crippen molar-refractivity contribution in [3.8, 4) is 0 Å². The second-order valence-corrected chi connectivity index (χ2v) is 12.1. The lowest BCUT2D eigenvalue weighted by Crippen LogP contribution is -2.45. The quantitative estimate of drug-likeness (QED) is 0.417. The molecule has 1 atom stereocenters. The van der Waals surface area contributed by atoms with Crippen molar-refractivity contribution in [1.82, 2.24) is 9.97 Å². The minimum Gasteiger partial charge on any atom is -0.349 e. The van der Waals surface area contributed by atoms with E-state index in [0.717, 1.165) is 11.3 Å². The van der Waals surface area contributed by atoms with E-state index in [9.17, 15) is 9.59 Å². The van der Waals surface area contributed by atoms with E-state index in [1.165, 1.54) is 11.8 Å². The lowest BCUT2D eigenvalue weighted by molar-refractivity contribution is -0.118. The zero-order valence-electron chi connectivity index (χ0n) is 21.3. The van der Waals surface area contributed by atoms with Crippen LogP contribution in [0.3, 0.4) is 0 Å². The monoisotopic (exact) mass is 559 g/mol. The number of anilines is 1. The number of aromatic amines is 1. The van der Waals surface area contributed by atoms with Gasteiger partial charge in [0.25, 0.3) is 5.56 Å². The van der Waals surface area contributed by atoms with Gasteiger partial charge in [0.1, 0.15) is 5.82 Å². The van der Waals surface area contributed by atoms with Crippen molar-refractivity contribution < 1.29 is 23.7 Å². The summed E-state index contributed by atoms with van der Waals surface area (Å²) in [7, 11) is 0. The highest BCUT2D eigenvalue weighted by atomic mass is 35.5. The van der Waals surface area contributed by atoms with E-state index in [1.54, 1.807) is 12.1 Å². The van der Waals surface area contributed by atoms with Gasteiger partial charge in [-0.3, -0.25) is 9.59 Å². The third kappa shape index (κ3) is 5.05. The summed E-state index contributed by atoms with van der Waals surface area (Å²) in [6.45, 7) is 6.63. The number of aromatic nitrogens is 2. The maximum atomic E-state index is 13.8. The van der Waals surface area contributed by atoms with E-state index in [-0.39, 0.29) is 23.0 Å². The Balaban J connectivity index is 1.50. The highest BCUT2D eigenvalue weighted by Gasteiger charge is 2.46. The maximum Gasteiger partial charge on any atom is 0.257 e. The Kier molecular flexibility index (Phi) is 7.13. The van der Waals surface area contributed by atoms with Gasteiger partial charge in [0.15, 0.2) is 23.5 Å². The summed E-state index contributed by atoms with van der Waals surface area (Å²) >= 11 is 7.57. The summed E-state index contributed by atoms with van der Waals surface area (Å²) < 4.78 is 22.7. The first-order chi connectivity index (χ1) is 18.3. The van der Waals surface area contributed by atoms with Gasteiger partial charge in [-0.1, -0.05) is 49.3 Å². The summed E-state index contributed by atoms with van der Waals surface area (Å²) in [4.78, 5) is 37.5. The Labute approximate surface area is 229 Å². The van der Waals surface area contributed by atoms with Crippen molar-refractivity contribution in [2.24, 2.45) is 5.41 Å². The summed E-state index contributed by atoms with van der Waals surface area (Å²) in [5.74, 6) is 0.497. The number of hydrogen-bond donors (Lipinski definition) is 1. The van der Waals surface area contributed by atoms with Crippen LogP contribution in [0.1, 0.15) is 43.7 Å². The molecule has 1 N–H and O–H groups in total. The summed E-state index contributed by atoms with van der Waals surface area (Å²) in [5.41, 5.74) is 2.24. The number of nitrogens with zero attached hydrogens (tertiary/aromatic N) is 2. The summed E-state index contributed by atoms with van der Waals surface area (Å²) in [5, 5.41) is 1.05. The SMILES string of the molecule is CC1(C)CC(=O)C2=C(C1)N(CC1OCCO1)c1nc(SCC3OCCO3)[nH]c(=O)c1[C@H]2c1ccc(Cl)cc1. The van der Waals surface area contributed by atoms with Gasteiger partial charge in [0.2, 0.25) is 0 Å². The van der Waals surface area contributed by atoms with Gasteiger partial charge < -0.3 is 28.8 Å². The largest absolute Gasteiger partial charge is 0.349 e. The van der Waals surface area contributed by atoms with E-state index in [0.29, 0.717) is 78.7 Å². The Bertz CT molecular complexity index is 1320. The smallest absolute Gasteiger partial charge is 0.257 e. The maximum absolute atomic E-state index is 13.8. The van der Waals surface area contributed by atoms with E-state index in [1.807, 2.05) is 17.0 Å². The Morgan fingerprint density at radius 2 is 1.68 bits per heavy atom. The number of benzene rings is 1. The lowest BCUT2D eigenvalue weighted by atomic mass is 9.68. The number of nitrogens with one attached hydrogen (secondary N) is 1. The fourth-order valence-electron chi connectivity index (χ4n) is 5.62. The molecule has 1 aromatic heterocycles. The fraction of sp³-hybridized carbons (Fsp3) is 0.519. The van der Waals surface area contributed by atoms with Crippen LogP contribution in [0.25, 0.3) is 0 Å². The molecular weight excluding hydrogens is 530 g/mol. The van der Waals surface area contributed by atoms with E-state index < -0.39 is 12.2 Å². The molecule has 0 bridgehead atoms. The molecule has 202 valence electrons. The van der Waals surface area contributed by atoms with Gasteiger partial charge in [0.05, 0.1) is 44.3 Å². The third-order valence-electron chi connectivity index (χ3n) is 7.24. The minimum atomic E-state index is -0.556. The molecule has 3 aliphatic heterocycles. The van der Waals surface area contributed by atoms with Crippen LogP contribution in [0, 0.1) is 5.41 Å². The topological polar surface area (TPSA) is 103 Å². The molecule has 4 heterocycles. The first-order valence-corrected chi connectivity index (χ1v) is 14.2. The van der Waals surface area contributed by atoms with E-state index in [4.69, 9.17) is 35.5 Å². The minimum absolute atomic E-state index is 0.0356. The Morgan fingerprint density at radius 3 is 2.37 bits per heavy atom. The van der Waals surface area contributed by atoms with Gasteiger partial charge in [0, 0.05) is 28.6 Å². The molecule has 11 heteroatoms. The van der Waals surface area contributed by atoms with Crippen LogP contribution in [-0.4, -0.2) is 67.1 Å². The molecular formula is C27H30ClN3O6S. The van der Waals surface area contributed by atoms with Gasteiger partial charge in [-0.2, -0.15) is 0 Å². The molecule has 2 aromatic rings. The van der Waals surface area contributed by atoms with Crippen molar-refractivity contribution in [2.75, 3.05) is 43.6 Å². The van der Waals surface area contributed by atoms with Crippen molar-refractivity contribution in [2.45, 2.75) is 50.3 Å². The van der Waals surface area contributed by atoms with Gasteiger partial charge in [-0.25, -0.2) is 4.98 Å². The number of Topliss-reactive ketones (excluding diaryl/α,β-unsaturated/α-hetero) is 1. The zero-order valence-corrected chi connectivity index (χ0v) is 22.9. The number of halogens is 1. The Morgan fingerprint density at radius 1 is 1.03 bits per heavy atom. The molecule has 1 aliphatic carbocycles. The van der Waals surface area contributed by atoms with Crippen LogP contribution in [0.4, 0.5) is 5.82 Å².